The predicted octanol–water partition coefficient (Wildman–Crippen LogP) is 4.45. The topological polar surface area (TPSA) is 101 Å². The van der Waals surface area contributed by atoms with Crippen molar-refractivity contribution in [1.29, 1.82) is 5.26 Å². The highest BCUT2D eigenvalue weighted by Crippen LogP contribution is 2.47. The van der Waals surface area contributed by atoms with Gasteiger partial charge < -0.3 is 20.1 Å². The Kier molecular flexibility index (Phi) is 6.59. The fourth-order valence-corrected chi connectivity index (χ4v) is 8.00. The minimum absolute atomic E-state index is 0.0746. The number of rotatable bonds is 4. The number of benzene rings is 1. The quantitative estimate of drug-likeness (QED) is 0.562. The highest BCUT2D eigenvalue weighted by molar-refractivity contribution is 5.54. The second-order valence-electron chi connectivity index (χ2n) is 12.6. The largest absolute Gasteiger partial charge is 0.461 e. The Morgan fingerprint density at radius 3 is 2.98 bits per heavy atom. The molecule has 1 aromatic heterocycles. The van der Waals surface area contributed by atoms with E-state index in [1.54, 1.807) is 0 Å². The maximum absolute atomic E-state index is 14.4. The predicted molar refractivity (Wildman–Crippen MR) is 150 cm³/mol. The van der Waals surface area contributed by atoms with Crippen LogP contribution in [0.25, 0.3) is 0 Å². The summed E-state index contributed by atoms with van der Waals surface area (Å²) in [5.74, 6) is 0.943. The molecule has 40 heavy (non-hydrogen) atoms. The van der Waals surface area contributed by atoms with Gasteiger partial charge in [-0.15, -0.1) is 0 Å². The summed E-state index contributed by atoms with van der Waals surface area (Å²) in [5, 5.41) is 9.54. The maximum Gasteiger partial charge on any atom is 0.318 e. The zero-order valence-corrected chi connectivity index (χ0v) is 23.2. The number of fused-ring (bicyclic) bond motifs is 4. The van der Waals surface area contributed by atoms with Gasteiger partial charge in [0.05, 0.1) is 29.5 Å². The third kappa shape index (κ3) is 4.50. The van der Waals surface area contributed by atoms with Crippen LogP contribution in [0.15, 0.2) is 18.2 Å². The van der Waals surface area contributed by atoms with Crippen molar-refractivity contribution < 1.29 is 13.9 Å². The number of hydrogen-bond donors (Lipinski definition) is 1. The summed E-state index contributed by atoms with van der Waals surface area (Å²) >= 11 is 0. The molecule has 4 aliphatic heterocycles. The van der Waals surface area contributed by atoms with E-state index in [1.165, 1.54) is 11.1 Å². The Morgan fingerprint density at radius 2 is 2.08 bits per heavy atom. The molecule has 9 heteroatoms. The highest BCUT2D eigenvalue weighted by Gasteiger charge is 2.49. The normalized spacial score (nSPS) is 31.8. The Hall–Kier alpha value is -2.96. The second-order valence-corrected chi connectivity index (χ2v) is 12.6. The van der Waals surface area contributed by atoms with Crippen LogP contribution < -0.4 is 15.4 Å². The van der Waals surface area contributed by atoms with Gasteiger partial charge in [-0.25, -0.2) is 4.39 Å². The molecule has 5 heterocycles. The van der Waals surface area contributed by atoms with Crippen LogP contribution >= 0.6 is 0 Å². The van der Waals surface area contributed by atoms with Gasteiger partial charge in [-0.05, 0) is 81.2 Å². The number of halogens is 1. The summed E-state index contributed by atoms with van der Waals surface area (Å²) < 4.78 is 27.6. The van der Waals surface area contributed by atoms with Crippen molar-refractivity contribution >= 4 is 11.5 Å². The molecule has 1 spiro atoms. The van der Waals surface area contributed by atoms with E-state index in [1.807, 2.05) is 6.07 Å². The van der Waals surface area contributed by atoms with Crippen LogP contribution in [-0.4, -0.2) is 59.4 Å². The molecule has 1 aromatic carbocycles. The van der Waals surface area contributed by atoms with Gasteiger partial charge in [-0.1, -0.05) is 6.07 Å². The highest BCUT2D eigenvalue weighted by atomic mass is 19.1. The van der Waals surface area contributed by atoms with E-state index >= 15 is 0 Å². The van der Waals surface area contributed by atoms with Gasteiger partial charge in [-0.2, -0.15) is 15.2 Å². The van der Waals surface area contributed by atoms with Crippen molar-refractivity contribution in [3.8, 4) is 12.1 Å². The summed E-state index contributed by atoms with van der Waals surface area (Å²) in [7, 11) is 0. The van der Waals surface area contributed by atoms with Crippen molar-refractivity contribution in [1.82, 2.24) is 14.9 Å². The van der Waals surface area contributed by atoms with Gasteiger partial charge in [0, 0.05) is 49.6 Å². The monoisotopic (exact) mass is 546 g/mol. The van der Waals surface area contributed by atoms with Gasteiger partial charge >= 0.3 is 6.01 Å². The second kappa shape index (κ2) is 10.1. The number of hydrogen-bond acceptors (Lipinski definition) is 8. The summed E-state index contributed by atoms with van der Waals surface area (Å²) in [6, 6.07) is 9.03. The van der Waals surface area contributed by atoms with Crippen LogP contribution in [0.3, 0.4) is 0 Å². The Morgan fingerprint density at radius 1 is 1.15 bits per heavy atom. The number of ether oxygens (including phenoxy) is 2. The molecule has 212 valence electrons. The fourth-order valence-electron chi connectivity index (χ4n) is 8.00. The molecule has 1 aliphatic carbocycles. The fraction of sp³-hybridized carbons (Fsp3) is 0.645. The first-order valence-electron chi connectivity index (χ1n) is 15.1. The molecular weight excluding hydrogens is 507 g/mol. The number of nitrogens with two attached hydrogens (primary N) is 1. The molecule has 8 nitrogen and oxygen atoms in total. The summed E-state index contributed by atoms with van der Waals surface area (Å²) in [6.07, 6.45) is 8.04. The molecule has 0 saturated carbocycles. The van der Waals surface area contributed by atoms with Crippen LogP contribution in [0.4, 0.5) is 15.9 Å². The van der Waals surface area contributed by atoms with E-state index < -0.39 is 11.8 Å². The molecule has 1 unspecified atom stereocenters. The molecule has 3 fully saturated rings. The minimum Gasteiger partial charge on any atom is -0.461 e. The molecule has 4 atom stereocenters. The molecular formula is C31H39FN6O2. The summed E-state index contributed by atoms with van der Waals surface area (Å²) in [5.41, 5.74) is 10.7. The van der Waals surface area contributed by atoms with Gasteiger partial charge in [0.25, 0.3) is 0 Å². The van der Waals surface area contributed by atoms with Crippen molar-refractivity contribution in [3.05, 3.63) is 40.6 Å². The molecule has 2 aromatic rings. The number of nitrogen functional groups attached to an aromatic ring is 1. The summed E-state index contributed by atoms with van der Waals surface area (Å²) in [6.45, 7) is 3.87. The number of aryl methyl sites for hydroxylation is 1. The summed E-state index contributed by atoms with van der Waals surface area (Å²) in [4.78, 5) is 14.6. The van der Waals surface area contributed by atoms with Crippen molar-refractivity contribution in [2.75, 3.05) is 43.4 Å². The zero-order valence-electron chi connectivity index (χ0n) is 23.2. The van der Waals surface area contributed by atoms with Crippen LogP contribution in [0.5, 0.6) is 6.01 Å². The van der Waals surface area contributed by atoms with E-state index in [4.69, 9.17) is 25.2 Å². The average Bonchev–Trinajstić information content (AvgIpc) is 3.36. The first-order valence-corrected chi connectivity index (χ1v) is 15.1. The lowest BCUT2D eigenvalue weighted by molar-refractivity contribution is -0.0855. The number of anilines is 2. The number of aromatic nitrogens is 2. The number of alkyl halides is 1. The molecule has 5 aliphatic rings. The third-order valence-corrected chi connectivity index (χ3v) is 10.1. The zero-order chi connectivity index (χ0) is 27.3. The lowest BCUT2D eigenvalue weighted by Crippen LogP contribution is -2.44. The first kappa shape index (κ1) is 26.0. The molecule has 3 saturated heterocycles. The lowest BCUT2D eigenvalue weighted by Gasteiger charge is -2.43. The van der Waals surface area contributed by atoms with E-state index in [-0.39, 0.29) is 11.5 Å². The Bertz CT molecular complexity index is 1330. The van der Waals surface area contributed by atoms with Gasteiger partial charge in [0.1, 0.15) is 18.6 Å². The molecule has 0 radical (unpaired) electrons. The van der Waals surface area contributed by atoms with E-state index in [9.17, 15) is 9.65 Å². The van der Waals surface area contributed by atoms with Crippen LogP contribution in [-0.2, 0) is 29.8 Å². The van der Waals surface area contributed by atoms with Crippen LogP contribution in [0.1, 0.15) is 73.8 Å². The van der Waals surface area contributed by atoms with Crippen LogP contribution in [0, 0.1) is 17.2 Å². The standard InChI is InChI=1S/C31H39FN6O2/c32-23-15-30(9-3-12-38(30)18-23)20-39-29-35-27-16-31(10-1-5-22-6-7-24(34)14-26(22)31)40-19-25(27)28(36-29)37-11-2-4-21(17-33)8-13-37/h6-7,14,21,23H,1-5,8-13,15-16,18-20,34H2/t21-,23-,30?,31+/m1/s1. The maximum atomic E-state index is 14.4. The Labute approximate surface area is 235 Å². The van der Waals surface area contributed by atoms with E-state index in [2.05, 4.69) is 28.0 Å². The van der Waals surface area contributed by atoms with Gasteiger partial charge in [-0.3, -0.25) is 4.90 Å². The SMILES string of the molecule is N#C[C@@H]1CCCN(c2nc(OCC34CCCN3C[C@H](F)C4)nc3c2CO[C@@]2(CCCc4ccc(N)cc42)C3)CC1. The smallest absolute Gasteiger partial charge is 0.318 e. The average molecular weight is 547 g/mol. The van der Waals surface area contributed by atoms with Crippen LogP contribution in [0.2, 0.25) is 0 Å². The van der Waals surface area contributed by atoms with Crippen molar-refractivity contribution in [2.24, 2.45) is 5.92 Å². The molecule has 2 N–H and O–H groups in total. The van der Waals surface area contributed by atoms with Crippen molar-refractivity contribution in [3.63, 3.8) is 0 Å². The minimum atomic E-state index is -0.801. The van der Waals surface area contributed by atoms with Gasteiger partial charge in [0.2, 0.25) is 0 Å². The molecule has 0 amide bonds. The van der Waals surface area contributed by atoms with E-state index in [0.29, 0.717) is 38.6 Å². The molecule has 0 bridgehead atoms. The number of nitriles is 1. The number of nitrogens with zero attached hydrogens (tertiary/aromatic N) is 5. The lowest BCUT2D eigenvalue weighted by atomic mass is 9.74. The van der Waals surface area contributed by atoms with Gasteiger partial charge in [0.15, 0.2) is 0 Å². The first-order chi connectivity index (χ1) is 19.5. The van der Waals surface area contributed by atoms with E-state index in [0.717, 1.165) is 93.8 Å². The molecule has 7 rings (SSSR count). The third-order valence-electron chi connectivity index (χ3n) is 10.1. The Balaban J connectivity index is 1.24. The van der Waals surface area contributed by atoms with Crippen molar-refractivity contribution in [2.45, 2.75) is 88.1 Å².